The fraction of sp³-hybridized carbons (Fsp3) is 0.462. The minimum absolute atomic E-state index is 0.155. The lowest BCUT2D eigenvalue weighted by Crippen LogP contribution is -2.36. The van der Waals surface area contributed by atoms with Crippen LogP contribution >= 0.6 is 0 Å². The van der Waals surface area contributed by atoms with E-state index in [9.17, 15) is 13.6 Å². The smallest absolute Gasteiger partial charge is 0.251 e. The minimum Gasteiger partial charge on any atom is -0.352 e. The highest BCUT2D eigenvalue weighted by atomic mass is 19.2. The third-order valence-electron chi connectivity index (χ3n) is 3.19. The van der Waals surface area contributed by atoms with Crippen molar-refractivity contribution >= 4 is 5.91 Å². The van der Waals surface area contributed by atoms with Crippen molar-refractivity contribution in [1.29, 1.82) is 0 Å². The number of rotatable bonds is 3. The van der Waals surface area contributed by atoms with Gasteiger partial charge in [0.1, 0.15) is 0 Å². The monoisotopic (exact) mass is 254 g/mol. The van der Waals surface area contributed by atoms with Crippen molar-refractivity contribution in [3.63, 3.8) is 0 Å². The third kappa shape index (κ3) is 3.26. The van der Waals surface area contributed by atoms with Gasteiger partial charge >= 0.3 is 0 Å². The first-order valence-electron chi connectivity index (χ1n) is 6.11. The molecule has 1 amide bonds. The summed E-state index contributed by atoms with van der Waals surface area (Å²) in [5, 5.41) is 6.00. The highest BCUT2D eigenvalue weighted by Crippen LogP contribution is 2.11. The molecule has 2 rings (SSSR count). The second kappa shape index (κ2) is 5.91. The van der Waals surface area contributed by atoms with E-state index in [0.29, 0.717) is 12.5 Å². The predicted molar refractivity (Wildman–Crippen MR) is 64.3 cm³/mol. The van der Waals surface area contributed by atoms with E-state index < -0.39 is 11.6 Å². The van der Waals surface area contributed by atoms with Crippen molar-refractivity contribution in [1.82, 2.24) is 10.6 Å². The van der Waals surface area contributed by atoms with Gasteiger partial charge in [-0.25, -0.2) is 8.78 Å². The average Bonchev–Trinajstić information content (AvgIpc) is 2.40. The summed E-state index contributed by atoms with van der Waals surface area (Å²) < 4.78 is 25.7. The van der Waals surface area contributed by atoms with Gasteiger partial charge in [-0.2, -0.15) is 0 Å². The Morgan fingerprint density at radius 2 is 2.00 bits per heavy atom. The molecular formula is C13H16F2N2O. The van der Waals surface area contributed by atoms with Crippen molar-refractivity contribution in [2.45, 2.75) is 12.8 Å². The maximum absolute atomic E-state index is 13.0. The number of carbonyl (C=O) groups excluding carboxylic acids is 1. The third-order valence-corrected chi connectivity index (χ3v) is 3.19. The highest BCUT2D eigenvalue weighted by Gasteiger charge is 2.15. The van der Waals surface area contributed by atoms with Crippen LogP contribution < -0.4 is 10.6 Å². The van der Waals surface area contributed by atoms with Crippen LogP contribution in [0.3, 0.4) is 0 Å². The molecule has 0 atom stereocenters. The summed E-state index contributed by atoms with van der Waals surface area (Å²) in [6.45, 7) is 2.51. The molecule has 0 aromatic heterocycles. The van der Waals surface area contributed by atoms with E-state index in [1.54, 1.807) is 0 Å². The molecule has 1 saturated heterocycles. The van der Waals surface area contributed by atoms with Crippen LogP contribution in [-0.4, -0.2) is 25.5 Å². The quantitative estimate of drug-likeness (QED) is 0.862. The molecule has 1 aromatic rings. The Labute approximate surface area is 105 Å². The standard InChI is InChI=1S/C13H16F2N2O/c14-11-2-1-10(7-12(11)15)13(18)17-8-9-3-5-16-6-4-9/h1-2,7,9,16H,3-6,8H2,(H,17,18). The molecule has 1 aliphatic heterocycles. The van der Waals surface area contributed by atoms with Gasteiger partial charge in [0.25, 0.3) is 5.91 Å². The molecule has 0 unspecified atom stereocenters. The lowest BCUT2D eigenvalue weighted by molar-refractivity contribution is 0.0943. The lowest BCUT2D eigenvalue weighted by atomic mass is 9.98. The first-order valence-corrected chi connectivity index (χ1v) is 6.11. The molecule has 0 spiro atoms. The molecule has 2 N–H and O–H groups in total. The Morgan fingerprint density at radius 1 is 1.28 bits per heavy atom. The topological polar surface area (TPSA) is 41.1 Å². The van der Waals surface area contributed by atoms with Gasteiger partial charge in [0.15, 0.2) is 11.6 Å². The number of piperidine rings is 1. The van der Waals surface area contributed by atoms with Crippen LogP contribution in [0.1, 0.15) is 23.2 Å². The zero-order valence-electron chi connectivity index (χ0n) is 10.0. The van der Waals surface area contributed by atoms with E-state index in [4.69, 9.17) is 0 Å². The molecule has 3 nitrogen and oxygen atoms in total. The molecule has 0 saturated carbocycles. The molecule has 1 aliphatic rings. The van der Waals surface area contributed by atoms with Gasteiger partial charge in [0.05, 0.1) is 0 Å². The minimum atomic E-state index is -0.996. The van der Waals surface area contributed by atoms with Crippen molar-refractivity contribution in [3.05, 3.63) is 35.4 Å². The Balaban J connectivity index is 1.88. The van der Waals surface area contributed by atoms with Gasteiger partial charge in [-0.3, -0.25) is 4.79 Å². The maximum atomic E-state index is 13.0. The van der Waals surface area contributed by atoms with Gasteiger partial charge in [0, 0.05) is 12.1 Å². The van der Waals surface area contributed by atoms with Crippen LogP contribution in [0.15, 0.2) is 18.2 Å². The Kier molecular flexibility index (Phi) is 4.25. The van der Waals surface area contributed by atoms with Crippen molar-refractivity contribution < 1.29 is 13.6 Å². The number of carbonyl (C=O) groups is 1. The summed E-state index contributed by atoms with van der Waals surface area (Å²) in [5.74, 6) is -1.83. The average molecular weight is 254 g/mol. The van der Waals surface area contributed by atoms with E-state index in [-0.39, 0.29) is 11.5 Å². The van der Waals surface area contributed by atoms with Gasteiger partial charge in [-0.05, 0) is 50.0 Å². The van der Waals surface area contributed by atoms with E-state index in [0.717, 1.165) is 38.1 Å². The van der Waals surface area contributed by atoms with Crippen molar-refractivity contribution in [2.75, 3.05) is 19.6 Å². The Morgan fingerprint density at radius 3 is 2.67 bits per heavy atom. The van der Waals surface area contributed by atoms with Crippen LogP contribution in [0.2, 0.25) is 0 Å². The molecule has 0 radical (unpaired) electrons. The van der Waals surface area contributed by atoms with Gasteiger partial charge < -0.3 is 10.6 Å². The zero-order chi connectivity index (χ0) is 13.0. The summed E-state index contributed by atoms with van der Waals surface area (Å²) in [6, 6.07) is 3.18. The van der Waals surface area contributed by atoms with Crippen molar-refractivity contribution in [2.24, 2.45) is 5.92 Å². The first kappa shape index (κ1) is 13.0. The van der Waals surface area contributed by atoms with Gasteiger partial charge in [-0.15, -0.1) is 0 Å². The second-order valence-corrected chi connectivity index (χ2v) is 4.53. The number of halogens is 2. The Bertz CT molecular complexity index is 431. The van der Waals surface area contributed by atoms with E-state index in [1.165, 1.54) is 6.07 Å². The summed E-state index contributed by atoms with van der Waals surface area (Å²) in [6.07, 6.45) is 2.05. The van der Waals surface area contributed by atoms with Gasteiger partial charge in [-0.1, -0.05) is 0 Å². The zero-order valence-corrected chi connectivity index (χ0v) is 10.0. The molecule has 18 heavy (non-hydrogen) atoms. The molecule has 1 heterocycles. The van der Waals surface area contributed by atoms with E-state index in [1.807, 2.05) is 0 Å². The van der Waals surface area contributed by atoms with Crippen LogP contribution in [0.25, 0.3) is 0 Å². The van der Waals surface area contributed by atoms with Crippen LogP contribution in [0.4, 0.5) is 8.78 Å². The summed E-state index contributed by atoms with van der Waals surface area (Å²) in [4.78, 5) is 11.7. The SMILES string of the molecule is O=C(NCC1CCNCC1)c1ccc(F)c(F)c1. The Hall–Kier alpha value is -1.49. The predicted octanol–water partition coefficient (Wildman–Crippen LogP) is 1.69. The van der Waals surface area contributed by atoms with Crippen LogP contribution in [0, 0.1) is 17.6 Å². The van der Waals surface area contributed by atoms with Crippen molar-refractivity contribution in [3.8, 4) is 0 Å². The number of amides is 1. The normalized spacial score (nSPS) is 16.6. The molecule has 0 aliphatic carbocycles. The number of nitrogens with one attached hydrogen (secondary N) is 2. The van der Waals surface area contributed by atoms with Gasteiger partial charge in [0.2, 0.25) is 0 Å². The molecule has 1 fully saturated rings. The molecule has 0 bridgehead atoms. The largest absolute Gasteiger partial charge is 0.352 e. The molecule has 98 valence electrons. The van der Waals surface area contributed by atoms with Crippen LogP contribution in [-0.2, 0) is 0 Å². The second-order valence-electron chi connectivity index (χ2n) is 4.53. The fourth-order valence-electron chi connectivity index (χ4n) is 2.06. The molecule has 1 aromatic carbocycles. The van der Waals surface area contributed by atoms with E-state index >= 15 is 0 Å². The maximum Gasteiger partial charge on any atom is 0.251 e. The lowest BCUT2D eigenvalue weighted by Gasteiger charge is -2.22. The highest BCUT2D eigenvalue weighted by molar-refractivity contribution is 5.94. The summed E-state index contributed by atoms with van der Waals surface area (Å²) >= 11 is 0. The number of hydrogen-bond donors (Lipinski definition) is 2. The fourth-order valence-corrected chi connectivity index (χ4v) is 2.06. The molecular weight excluding hydrogens is 238 g/mol. The first-order chi connectivity index (χ1) is 8.66. The van der Waals surface area contributed by atoms with E-state index in [2.05, 4.69) is 10.6 Å². The summed E-state index contributed by atoms with van der Waals surface area (Å²) in [5.41, 5.74) is 0.155. The number of benzene rings is 1. The number of hydrogen-bond acceptors (Lipinski definition) is 2. The van der Waals surface area contributed by atoms with Crippen LogP contribution in [0.5, 0.6) is 0 Å². The summed E-state index contributed by atoms with van der Waals surface area (Å²) in [7, 11) is 0. The molecule has 5 heteroatoms.